The van der Waals surface area contributed by atoms with Crippen LogP contribution >= 0.6 is 0 Å². The van der Waals surface area contributed by atoms with Crippen LogP contribution in [-0.4, -0.2) is 31.9 Å². The summed E-state index contributed by atoms with van der Waals surface area (Å²) in [5, 5.41) is 0. The number of hydrogen-bond acceptors (Lipinski definition) is 7. The molecule has 0 N–H and O–H groups in total. The van der Waals surface area contributed by atoms with Gasteiger partial charge in [0.25, 0.3) is 0 Å². The first-order valence-electron chi connectivity index (χ1n) is 4.56. The molecule has 2 aromatic heterocycles. The lowest BCUT2D eigenvalue weighted by Crippen LogP contribution is -2.15. The van der Waals surface area contributed by atoms with E-state index in [1.165, 1.54) is 37.2 Å². The van der Waals surface area contributed by atoms with Crippen molar-refractivity contribution in [2.24, 2.45) is 0 Å². The van der Waals surface area contributed by atoms with Gasteiger partial charge in [-0.2, -0.15) is 0 Å². The first-order valence-corrected chi connectivity index (χ1v) is 4.56. The molecule has 2 rings (SSSR count). The Labute approximate surface area is 95.5 Å². The number of rotatable bonds is 2. The van der Waals surface area contributed by atoms with Crippen molar-refractivity contribution in [3.05, 3.63) is 48.6 Å². The summed E-state index contributed by atoms with van der Waals surface area (Å²) in [7, 11) is 0. The van der Waals surface area contributed by atoms with Gasteiger partial charge in [0.05, 0.1) is 12.4 Å². The van der Waals surface area contributed by atoms with Crippen molar-refractivity contribution in [3.8, 4) is 0 Å². The van der Waals surface area contributed by atoms with Crippen LogP contribution in [0, 0.1) is 0 Å². The molecule has 0 unspecified atom stereocenters. The van der Waals surface area contributed by atoms with E-state index >= 15 is 0 Å². The molecule has 0 aliphatic heterocycles. The van der Waals surface area contributed by atoms with E-state index in [2.05, 4.69) is 24.7 Å². The fraction of sp³-hybridized carbons (Fsp3) is 0. The first kappa shape index (κ1) is 10.8. The van der Waals surface area contributed by atoms with Crippen molar-refractivity contribution in [3.63, 3.8) is 0 Å². The molecule has 0 aliphatic rings. The maximum absolute atomic E-state index is 11.4. The van der Waals surface area contributed by atoms with Gasteiger partial charge in [-0.15, -0.1) is 0 Å². The molecule has 0 bridgehead atoms. The van der Waals surface area contributed by atoms with Crippen molar-refractivity contribution in [2.75, 3.05) is 0 Å². The summed E-state index contributed by atoms with van der Waals surface area (Å²) in [4.78, 5) is 37.6. The van der Waals surface area contributed by atoms with Crippen LogP contribution in [0.5, 0.6) is 0 Å². The second-order valence-corrected chi connectivity index (χ2v) is 2.86. The molecule has 0 aliphatic carbocycles. The predicted octanol–water partition coefficient (Wildman–Crippen LogP) is 0.264. The standard InChI is InChI=1S/C10H6N4O3/c15-9(7-5-11-1-3-13-7)17-10(16)8-6-12-2-4-14-8/h1-6H. The summed E-state index contributed by atoms with van der Waals surface area (Å²) in [6.07, 6.45) is 7.86. The van der Waals surface area contributed by atoms with Crippen molar-refractivity contribution in [2.45, 2.75) is 0 Å². The van der Waals surface area contributed by atoms with Gasteiger partial charge >= 0.3 is 11.9 Å². The third-order valence-electron chi connectivity index (χ3n) is 1.73. The molecule has 0 amide bonds. The van der Waals surface area contributed by atoms with Crippen molar-refractivity contribution in [1.29, 1.82) is 0 Å². The zero-order valence-electron chi connectivity index (χ0n) is 8.48. The van der Waals surface area contributed by atoms with Gasteiger partial charge in [-0.1, -0.05) is 0 Å². The molecule has 2 aromatic rings. The Kier molecular flexibility index (Phi) is 3.10. The Morgan fingerprint density at radius 1 is 0.824 bits per heavy atom. The zero-order chi connectivity index (χ0) is 12.1. The second-order valence-electron chi connectivity index (χ2n) is 2.86. The average Bonchev–Trinajstić information content (AvgIpc) is 2.40. The lowest BCUT2D eigenvalue weighted by Gasteiger charge is -2.00. The molecule has 7 heteroatoms. The summed E-state index contributed by atoms with van der Waals surface area (Å²) >= 11 is 0. The number of ether oxygens (including phenoxy) is 1. The van der Waals surface area contributed by atoms with E-state index in [1.54, 1.807) is 0 Å². The van der Waals surface area contributed by atoms with Gasteiger partial charge in [0.15, 0.2) is 11.4 Å². The minimum Gasteiger partial charge on any atom is -0.383 e. The third-order valence-corrected chi connectivity index (χ3v) is 1.73. The summed E-state index contributed by atoms with van der Waals surface area (Å²) in [5.41, 5.74) is -0.102. The first-order chi connectivity index (χ1) is 8.27. The molecule has 17 heavy (non-hydrogen) atoms. The zero-order valence-corrected chi connectivity index (χ0v) is 8.48. The Bertz CT molecular complexity index is 480. The van der Waals surface area contributed by atoms with Crippen LogP contribution in [0.1, 0.15) is 21.0 Å². The molecule has 7 nitrogen and oxygen atoms in total. The molecule has 0 atom stereocenters. The Balaban J connectivity index is 2.08. The summed E-state index contributed by atoms with van der Waals surface area (Å²) in [5.74, 6) is -1.76. The van der Waals surface area contributed by atoms with E-state index in [-0.39, 0.29) is 11.4 Å². The normalized spacial score (nSPS) is 9.65. The summed E-state index contributed by atoms with van der Waals surface area (Å²) < 4.78 is 4.54. The van der Waals surface area contributed by atoms with Gasteiger partial charge in [0.1, 0.15) is 0 Å². The topological polar surface area (TPSA) is 94.9 Å². The highest BCUT2D eigenvalue weighted by Crippen LogP contribution is 1.99. The van der Waals surface area contributed by atoms with Crippen LogP contribution in [0.2, 0.25) is 0 Å². The van der Waals surface area contributed by atoms with E-state index in [0.29, 0.717) is 0 Å². The highest BCUT2D eigenvalue weighted by molar-refractivity contribution is 6.00. The fourth-order valence-corrected chi connectivity index (χ4v) is 0.998. The minimum absolute atomic E-state index is 0.0512. The summed E-state index contributed by atoms with van der Waals surface area (Å²) in [6, 6.07) is 0. The molecule has 0 aromatic carbocycles. The smallest absolute Gasteiger partial charge is 0.366 e. The van der Waals surface area contributed by atoms with Gasteiger partial charge in [0.2, 0.25) is 0 Å². The fourth-order valence-electron chi connectivity index (χ4n) is 0.998. The van der Waals surface area contributed by atoms with Gasteiger partial charge in [-0.3, -0.25) is 9.97 Å². The van der Waals surface area contributed by atoms with Crippen molar-refractivity contribution >= 4 is 11.9 Å². The van der Waals surface area contributed by atoms with Crippen molar-refractivity contribution < 1.29 is 14.3 Å². The van der Waals surface area contributed by atoms with E-state index in [0.717, 1.165) is 0 Å². The largest absolute Gasteiger partial charge is 0.383 e. The SMILES string of the molecule is O=C(OC(=O)c1cnccn1)c1cnccn1. The van der Waals surface area contributed by atoms with E-state index in [9.17, 15) is 9.59 Å². The van der Waals surface area contributed by atoms with Gasteiger partial charge < -0.3 is 4.74 Å². The molecular formula is C10H6N4O3. The van der Waals surface area contributed by atoms with Crippen LogP contribution in [0.25, 0.3) is 0 Å². The maximum atomic E-state index is 11.4. The minimum atomic E-state index is -0.881. The molecule has 2 heterocycles. The van der Waals surface area contributed by atoms with Gasteiger partial charge in [-0.05, 0) is 0 Å². The Morgan fingerprint density at radius 3 is 1.65 bits per heavy atom. The molecule has 0 saturated carbocycles. The molecule has 0 radical (unpaired) electrons. The highest BCUT2D eigenvalue weighted by atomic mass is 16.6. The molecule has 0 spiro atoms. The highest BCUT2D eigenvalue weighted by Gasteiger charge is 2.16. The van der Waals surface area contributed by atoms with Crippen LogP contribution in [0.15, 0.2) is 37.2 Å². The number of esters is 2. The number of carbonyl (C=O) groups is 2. The predicted molar refractivity (Wildman–Crippen MR) is 53.8 cm³/mol. The monoisotopic (exact) mass is 230 g/mol. The third kappa shape index (κ3) is 2.65. The molecule has 0 saturated heterocycles. The van der Waals surface area contributed by atoms with Gasteiger partial charge in [-0.25, -0.2) is 19.6 Å². The number of hydrogen-bond donors (Lipinski definition) is 0. The maximum Gasteiger partial charge on any atom is 0.366 e. The second kappa shape index (κ2) is 4.88. The van der Waals surface area contributed by atoms with Crippen molar-refractivity contribution in [1.82, 2.24) is 19.9 Å². The van der Waals surface area contributed by atoms with E-state index in [1.807, 2.05) is 0 Å². The van der Waals surface area contributed by atoms with Crippen LogP contribution in [0.3, 0.4) is 0 Å². The lowest BCUT2D eigenvalue weighted by molar-refractivity contribution is 0.0388. The Morgan fingerprint density at radius 2 is 1.29 bits per heavy atom. The average molecular weight is 230 g/mol. The number of carbonyl (C=O) groups excluding carboxylic acids is 2. The molecule has 84 valence electrons. The van der Waals surface area contributed by atoms with Crippen LogP contribution in [0.4, 0.5) is 0 Å². The summed E-state index contributed by atoms with van der Waals surface area (Å²) in [6.45, 7) is 0. The quantitative estimate of drug-likeness (QED) is 0.539. The van der Waals surface area contributed by atoms with E-state index < -0.39 is 11.9 Å². The molecule has 0 fully saturated rings. The van der Waals surface area contributed by atoms with Crippen LogP contribution < -0.4 is 0 Å². The molecular weight excluding hydrogens is 224 g/mol. The number of aromatic nitrogens is 4. The van der Waals surface area contributed by atoms with E-state index in [4.69, 9.17) is 0 Å². The van der Waals surface area contributed by atoms with Gasteiger partial charge in [0, 0.05) is 24.8 Å². The Hall–Kier alpha value is -2.70. The van der Waals surface area contributed by atoms with Crippen LogP contribution in [-0.2, 0) is 4.74 Å². The lowest BCUT2D eigenvalue weighted by atomic mass is 10.4. The number of nitrogens with zero attached hydrogens (tertiary/aromatic N) is 4.